The fourth-order valence-electron chi connectivity index (χ4n) is 4.07. The SMILES string of the molecule is [2H]c1ccc(-n2c3ccccc3c3ccc(-c4cccc(Oc5ccccn5)c4)cc32)nc1[2H]. The van der Waals surface area contributed by atoms with Crippen molar-refractivity contribution in [3.63, 3.8) is 0 Å². The first kappa shape index (κ1) is 16.3. The van der Waals surface area contributed by atoms with E-state index in [1.165, 1.54) is 0 Å². The number of pyridine rings is 2. The van der Waals surface area contributed by atoms with Crippen LogP contribution in [0.15, 0.2) is 115 Å². The van der Waals surface area contributed by atoms with Gasteiger partial charge < -0.3 is 4.74 Å². The highest BCUT2D eigenvalue weighted by molar-refractivity contribution is 6.10. The minimum Gasteiger partial charge on any atom is -0.439 e. The van der Waals surface area contributed by atoms with Gasteiger partial charge in [-0.25, -0.2) is 9.97 Å². The van der Waals surface area contributed by atoms with E-state index in [1.54, 1.807) is 18.3 Å². The molecule has 0 unspecified atom stereocenters. The first-order chi connectivity index (χ1) is 16.7. The molecule has 0 bridgehead atoms. The summed E-state index contributed by atoms with van der Waals surface area (Å²) in [6, 6.07) is 31.5. The van der Waals surface area contributed by atoms with Crippen molar-refractivity contribution in [3.05, 3.63) is 115 Å². The minimum atomic E-state index is -0.0426. The lowest BCUT2D eigenvalue weighted by atomic mass is 10.0. The van der Waals surface area contributed by atoms with Crippen molar-refractivity contribution >= 4 is 21.8 Å². The lowest BCUT2D eigenvalue weighted by Crippen LogP contribution is -1.96. The van der Waals surface area contributed by atoms with E-state index in [1.807, 2.05) is 48.5 Å². The number of aromatic nitrogens is 3. The lowest BCUT2D eigenvalue weighted by Gasteiger charge is -2.09. The molecule has 6 aromatic rings. The Balaban J connectivity index is 1.51. The van der Waals surface area contributed by atoms with Gasteiger partial charge in [0.15, 0.2) is 0 Å². The van der Waals surface area contributed by atoms with Crippen molar-refractivity contribution in [2.45, 2.75) is 0 Å². The van der Waals surface area contributed by atoms with Crippen molar-refractivity contribution in [2.75, 3.05) is 0 Å². The average molecular weight is 415 g/mol. The Bertz CT molecular complexity index is 1660. The van der Waals surface area contributed by atoms with Crippen molar-refractivity contribution in [2.24, 2.45) is 0 Å². The third-order valence-electron chi connectivity index (χ3n) is 5.48. The highest BCUT2D eigenvalue weighted by Crippen LogP contribution is 2.35. The molecule has 4 heteroatoms. The van der Waals surface area contributed by atoms with Gasteiger partial charge in [-0.3, -0.25) is 4.57 Å². The summed E-state index contributed by atoms with van der Waals surface area (Å²) in [6.45, 7) is 0. The Hall–Kier alpha value is -4.44. The monoisotopic (exact) mass is 415 g/mol. The van der Waals surface area contributed by atoms with Crippen LogP contribution in [0.25, 0.3) is 38.8 Å². The summed E-state index contributed by atoms with van der Waals surface area (Å²) in [7, 11) is 0. The van der Waals surface area contributed by atoms with Gasteiger partial charge in [-0.05, 0) is 53.6 Å². The van der Waals surface area contributed by atoms with Gasteiger partial charge in [-0.2, -0.15) is 0 Å². The summed E-state index contributed by atoms with van der Waals surface area (Å²) in [5.41, 5.74) is 4.04. The topological polar surface area (TPSA) is 39.9 Å². The molecule has 0 atom stereocenters. The fourth-order valence-corrected chi connectivity index (χ4v) is 4.07. The van der Waals surface area contributed by atoms with Gasteiger partial charge in [-0.15, -0.1) is 0 Å². The van der Waals surface area contributed by atoms with Gasteiger partial charge in [0.25, 0.3) is 0 Å². The predicted molar refractivity (Wildman–Crippen MR) is 128 cm³/mol. The molecule has 0 radical (unpaired) electrons. The van der Waals surface area contributed by atoms with E-state index in [2.05, 4.69) is 50.9 Å². The van der Waals surface area contributed by atoms with Crippen molar-refractivity contribution in [3.8, 4) is 28.6 Å². The number of hydrogen-bond acceptors (Lipinski definition) is 3. The maximum absolute atomic E-state index is 8.04. The molecule has 0 N–H and O–H groups in total. The summed E-state index contributed by atoms with van der Waals surface area (Å²) in [6.07, 6.45) is 1.66. The summed E-state index contributed by atoms with van der Waals surface area (Å²) in [5.74, 6) is 1.88. The van der Waals surface area contributed by atoms with Crippen LogP contribution in [0.1, 0.15) is 2.74 Å². The van der Waals surface area contributed by atoms with Crippen molar-refractivity contribution < 1.29 is 7.48 Å². The third-order valence-corrected chi connectivity index (χ3v) is 5.48. The van der Waals surface area contributed by atoms with Crippen LogP contribution in [0.5, 0.6) is 11.6 Å². The molecule has 0 saturated carbocycles. The molecule has 0 aliphatic carbocycles. The number of fused-ring (bicyclic) bond motifs is 3. The number of para-hydroxylation sites is 1. The molecular weight excluding hydrogens is 394 g/mol. The second-order valence-corrected chi connectivity index (χ2v) is 7.44. The number of hydrogen-bond donors (Lipinski definition) is 0. The average Bonchev–Trinajstić information content (AvgIpc) is 3.20. The second-order valence-electron chi connectivity index (χ2n) is 7.44. The smallest absolute Gasteiger partial charge is 0.219 e. The first-order valence-corrected chi connectivity index (χ1v) is 10.3. The molecule has 32 heavy (non-hydrogen) atoms. The molecule has 0 aliphatic heterocycles. The van der Waals surface area contributed by atoms with E-state index in [4.69, 9.17) is 7.48 Å². The van der Waals surface area contributed by atoms with E-state index in [0.717, 1.165) is 32.9 Å². The molecule has 3 aromatic heterocycles. The van der Waals surface area contributed by atoms with E-state index in [-0.39, 0.29) is 12.2 Å². The van der Waals surface area contributed by atoms with E-state index < -0.39 is 0 Å². The Labute approximate surface area is 188 Å². The first-order valence-electron chi connectivity index (χ1n) is 11.3. The molecule has 0 fully saturated rings. The zero-order chi connectivity index (χ0) is 23.1. The zero-order valence-corrected chi connectivity index (χ0v) is 17.1. The van der Waals surface area contributed by atoms with Gasteiger partial charge in [-0.1, -0.05) is 54.6 Å². The standard InChI is InChI=1S/C28H19N3O/c1-2-11-25-23(10-1)24-15-14-21(19-26(24)31(25)27-12-3-5-16-29-27)20-8-7-9-22(18-20)32-28-13-4-6-17-30-28/h1-19H/i5D,16D. The minimum absolute atomic E-state index is 0.0426. The van der Waals surface area contributed by atoms with Gasteiger partial charge in [0.1, 0.15) is 11.6 Å². The fraction of sp³-hybridized carbons (Fsp3) is 0. The van der Waals surface area contributed by atoms with Crippen LogP contribution in [-0.4, -0.2) is 14.5 Å². The quantitative estimate of drug-likeness (QED) is 0.310. The van der Waals surface area contributed by atoms with Crippen LogP contribution in [0.4, 0.5) is 0 Å². The predicted octanol–water partition coefficient (Wildman–Crippen LogP) is 7.03. The maximum atomic E-state index is 8.04. The molecule has 3 aromatic carbocycles. The second kappa shape index (κ2) is 7.67. The van der Waals surface area contributed by atoms with Crippen LogP contribution < -0.4 is 4.74 Å². The third kappa shape index (κ3) is 3.19. The number of benzene rings is 3. The van der Waals surface area contributed by atoms with Gasteiger partial charge in [0.2, 0.25) is 5.88 Å². The molecule has 4 nitrogen and oxygen atoms in total. The van der Waals surface area contributed by atoms with Gasteiger partial charge >= 0.3 is 0 Å². The summed E-state index contributed by atoms with van der Waals surface area (Å²) >= 11 is 0. The Morgan fingerprint density at radius 1 is 0.688 bits per heavy atom. The van der Waals surface area contributed by atoms with Crippen LogP contribution in [0, 0.1) is 0 Å². The van der Waals surface area contributed by atoms with E-state index >= 15 is 0 Å². The highest BCUT2D eigenvalue weighted by Gasteiger charge is 2.13. The van der Waals surface area contributed by atoms with Crippen LogP contribution in [0.3, 0.4) is 0 Å². The normalized spacial score (nSPS) is 12.0. The highest BCUT2D eigenvalue weighted by atomic mass is 16.5. The Morgan fingerprint density at radius 3 is 2.47 bits per heavy atom. The number of nitrogens with zero attached hydrogens (tertiary/aromatic N) is 3. The Morgan fingerprint density at radius 2 is 1.56 bits per heavy atom. The zero-order valence-electron chi connectivity index (χ0n) is 19.1. The summed E-state index contributed by atoms with van der Waals surface area (Å²) in [5, 5.41) is 2.21. The summed E-state index contributed by atoms with van der Waals surface area (Å²) in [4.78, 5) is 8.63. The van der Waals surface area contributed by atoms with Crippen LogP contribution in [0.2, 0.25) is 0 Å². The number of rotatable bonds is 4. The molecule has 0 saturated heterocycles. The Kier molecular flexibility index (Phi) is 3.90. The van der Waals surface area contributed by atoms with E-state index in [9.17, 15) is 0 Å². The van der Waals surface area contributed by atoms with Gasteiger partial charge in [0, 0.05) is 29.2 Å². The summed E-state index contributed by atoms with van der Waals surface area (Å²) < 4.78 is 23.9. The number of ether oxygens (including phenoxy) is 1. The molecule has 152 valence electrons. The molecule has 0 spiro atoms. The van der Waals surface area contributed by atoms with E-state index in [0.29, 0.717) is 17.4 Å². The van der Waals surface area contributed by atoms with Crippen LogP contribution >= 0.6 is 0 Å². The van der Waals surface area contributed by atoms with Crippen molar-refractivity contribution in [1.29, 1.82) is 0 Å². The lowest BCUT2D eigenvalue weighted by molar-refractivity contribution is 0.463. The van der Waals surface area contributed by atoms with Crippen molar-refractivity contribution in [1.82, 2.24) is 14.5 Å². The maximum Gasteiger partial charge on any atom is 0.219 e. The van der Waals surface area contributed by atoms with Gasteiger partial charge in [0.05, 0.1) is 13.8 Å². The molecule has 0 amide bonds. The molecular formula is C28H19N3O. The molecule has 3 heterocycles. The molecule has 0 aliphatic rings. The largest absolute Gasteiger partial charge is 0.439 e. The molecule has 6 rings (SSSR count). The van der Waals surface area contributed by atoms with Crippen LogP contribution in [-0.2, 0) is 0 Å².